The van der Waals surface area contributed by atoms with Crippen LogP contribution in [0.2, 0.25) is 18.1 Å². The zero-order chi connectivity index (χ0) is 22.3. The summed E-state index contributed by atoms with van der Waals surface area (Å²) < 4.78 is 33.6. The fourth-order valence-corrected chi connectivity index (χ4v) is 3.18. The van der Waals surface area contributed by atoms with Crippen LogP contribution in [0.5, 0.6) is 5.75 Å². The van der Waals surface area contributed by atoms with E-state index in [1.165, 1.54) is 0 Å². The summed E-state index contributed by atoms with van der Waals surface area (Å²) in [7, 11) is -1.68. The Morgan fingerprint density at radius 1 is 0.700 bits per heavy atom. The average Bonchev–Trinajstić information content (AvgIpc) is 2.68. The fourth-order valence-electron chi connectivity index (χ4n) is 2.16. The van der Waals surface area contributed by atoms with Gasteiger partial charge in [-0.25, -0.2) is 0 Å². The third-order valence-corrected chi connectivity index (χ3v) is 9.56. The van der Waals surface area contributed by atoms with Crippen molar-refractivity contribution in [2.45, 2.75) is 38.9 Å². The van der Waals surface area contributed by atoms with E-state index in [4.69, 9.17) is 33.8 Å². The van der Waals surface area contributed by atoms with Gasteiger partial charge in [0.05, 0.1) is 65.1 Å². The van der Waals surface area contributed by atoms with Crippen molar-refractivity contribution in [3.63, 3.8) is 0 Å². The number of benzene rings is 1. The highest BCUT2D eigenvalue weighted by molar-refractivity contribution is 6.74. The molecular weight excluding hydrogens is 402 g/mol. The van der Waals surface area contributed by atoms with E-state index >= 15 is 0 Å². The van der Waals surface area contributed by atoms with E-state index in [2.05, 4.69) is 33.9 Å². The predicted octanol–water partition coefficient (Wildman–Crippen LogP) is 3.74. The van der Waals surface area contributed by atoms with Crippen LogP contribution in [-0.2, 0) is 23.4 Å². The molecule has 0 atom stereocenters. The van der Waals surface area contributed by atoms with E-state index in [-0.39, 0.29) is 5.04 Å². The van der Waals surface area contributed by atoms with Crippen LogP contribution in [0, 0.1) is 0 Å². The second kappa shape index (κ2) is 14.8. The molecule has 0 spiro atoms. The van der Waals surface area contributed by atoms with Gasteiger partial charge in [0.1, 0.15) is 12.4 Å². The molecule has 8 heteroatoms. The smallest absolute Gasteiger partial charge is 0.192 e. The lowest BCUT2D eigenvalue weighted by molar-refractivity contribution is -0.00735. The van der Waals surface area contributed by atoms with Gasteiger partial charge in [-0.05, 0) is 30.3 Å². The number of hydrogen-bond donors (Lipinski definition) is 1. The fraction of sp³-hybridized carbons (Fsp3) is 0.727. The van der Waals surface area contributed by atoms with Crippen LogP contribution >= 0.6 is 0 Å². The molecule has 1 aromatic rings. The van der Waals surface area contributed by atoms with Crippen molar-refractivity contribution in [2.24, 2.45) is 0 Å². The first kappa shape index (κ1) is 26.9. The van der Waals surface area contributed by atoms with Gasteiger partial charge in [-0.15, -0.1) is 0 Å². The molecule has 1 aromatic carbocycles. The third-order valence-electron chi connectivity index (χ3n) is 5.02. The minimum atomic E-state index is -1.68. The number of nitrogen functional groups attached to an aromatic ring is 1. The van der Waals surface area contributed by atoms with Crippen LogP contribution in [0.25, 0.3) is 0 Å². The molecule has 0 fully saturated rings. The second-order valence-corrected chi connectivity index (χ2v) is 13.3. The lowest BCUT2D eigenvalue weighted by Crippen LogP contribution is -2.41. The summed E-state index contributed by atoms with van der Waals surface area (Å²) in [5.41, 5.74) is 6.43. The molecule has 0 heterocycles. The molecule has 7 nitrogen and oxygen atoms in total. The molecule has 0 aliphatic heterocycles. The Labute approximate surface area is 183 Å². The van der Waals surface area contributed by atoms with Crippen molar-refractivity contribution in [2.75, 3.05) is 71.8 Å². The first-order chi connectivity index (χ1) is 14.2. The summed E-state index contributed by atoms with van der Waals surface area (Å²) in [6, 6.07) is 7.41. The molecule has 0 aliphatic rings. The summed E-state index contributed by atoms with van der Waals surface area (Å²) in [4.78, 5) is 0. The highest BCUT2D eigenvalue weighted by Crippen LogP contribution is 2.36. The number of rotatable bonds is 17. The average molecular weight is 444 g/mol. The van der Waals surface area contributed by atoms with Gasteiger partial charge in [-0.3, -0.25) is 0 Å². The number of nitrogens with two attached hydrogens (primary N) is 1. The minimum absolute atomic E-state index is 0.228. The van der Waals surface area contributed by atoms with Gasteiger partial charge in [-0.1, -0.05) is 32.9 Å². The zero-order valence-corrected chi connectivity index (χ0v) is 20.4. The Bertz CT molecular complexity index is 565. The Morgan fingerprint density at radius 3 is 1.60 bits per heavy atom. The molecule has 0 bridgehead atoms. The predicted molar refractivity (Wildman–Crippen MR) is 123 cm³/mol. The summed E-state index contributed by atoms with van der Waals surface area (Å²) >= 11 is 0. The molecule has 0 aliphatic carbocycles. The summed E-state index contributed by atoms with van der Waals surface area (Å²) in [6.45, 7) is 16.6. The molecule has 2 N–H and O–H groups in total. The van der Waals surface area contributed by atoms with Crippen LogP contribution in [0.15, 0.2) is 24.3 Å². The van der Waals surface area contributed by atoms with Gasteiger partial charge in [0.25, 0.3) is 0 Å². The SMILES string of the molecule is CC(C)(C)[Si](C)(C)OCCOCCOCCOCCOCCOc1ccccc1N. The minimum Gasteiger partial charge on any atom is -0.489 e. The van der Waals surface area contributed by atoms with Crippen LogP contribution < -0.4 is 10.5 Å². The number of para-hydroxylation sites is 2. The zero-order valence-electron chi connectivity index (χ0n) is 19.4. The van der Waals surface area contributed by atoms with Crippen molar-refractivity contribution >= 4 is 14.0 Å². The Hall–Kier alpha value is -1.16. The monoisotopic (exact) mass is 443 g/mol. The first-order valence-corrected chi connectivity index (χ1v) is 13.6. The summed E-state index contributed by atoms with van der Waals surface area (Å²) in [6.07, 6.45) is 0. The molecule has 0 aromatic heterocycles. The van der Waals surface area contributed by atoms with Gasteiger partial charge in [-0.2, -0.15) is 0 Å². The van der Waals surface area contributed by atoms with Gasteiger partial charge in [0.15, 0.2) is 8.32 Å². The topological polar surface area (TPSA) is 81.4 Å². The number of hydrogen-bond acceptors (Lipinski definition) is 7. The molecular formula is C22H41NO6Si. The van der Waals surface area contributed by atoms with Crippen molar-refractivity contribution in [3.8, 4) is 5.75 Å². The Morgan fingerprint density at radius 2 is 1.13 bits per heavy atom. The molecule has 0 amide bonds. The van der Waals surface area contributed by atoms with E-state index in [1.54, 1.807) is 0 Å². The molecule has 1 rings (SSSR count). The lowest BCUT2D eigenvalue weighted by Gasteiger charge is -2.36. The quantitative estimate of drug-likeness (QED) is 0.223. The van der Waals surface area contributed by atoms with Crippen LogP contribution in [0.1, 0.15) is 20.8 Å². The number of ether oxygens (including phenoxy) is 5. The highest BCUT2D eigenvalue weighted by Gasteiger charge is 2.36. The van der Waals surface area contributed by atoms with E-state index in [0.29, 0.717) is 77.5 Å². The maximum absolute atomic E-state index is 6.06. The van der Waals surface area contributed by atoms with E-state index in [0.717, 1.165) is 0 Å². The normalized spacial score (nSPS) is 12.3. The highest BCUT2D eigenvalue weighted by atomic mass is 28.4. The molecule has 30 heavy (non-hydrogen) atoms. The van der Waals surface area contributed by atoms with Crippen molar-refractivity contribution in [1.82, 2.24) is 0 Å². The summed E-state index contributed by atoms with van der Waals surface area (Å²) in [5.74, 6) is 0.682. The first-order valence-electron chi connectivity index (χ1n) is 10.7. The largest absolute Gasteiger partial charge is 0.489 e. The van der Waals surface area contributed by atoms with Crippen LogP contribution in [0.4, 0.5) is 5.69 Å². The van der Waals surface area contributed by atoms with Crippen molar-refractivity contribution in [1.29, 1.82) is 0 Å². The van der Waals surface area contributed by atoms with Gasteiger partial charge >= 0.3 is 0 Å². The van der Waals surface area contributed by atoms with E-state index in [1.807, 2.05) is 24.3 Å². The van der Waals surface area contributed by atoms with Gasteiger partial charge < -0.3 is 33.8 Å². The molecule has 0 unspecified atom stereocenters. The maximum atomic E-state index is 6.06. The Kier molecular flexibility index (Phi) is 13.2. The van der Waals surface area contributed by atoms with Crippen molar-refractivity contribution in [3.05, 3.63) is 24.3 Å². The maximum Gasteiger partial charge on any atom is 0.192 e. The van der Waals surface area contributed by atoms with Gasteiger partial charge in [0, 0.05) is 0 Å². The Balaban J connectivity index is 1.81. The lowest BCUT2D eigenvalue weighted by atomic mass is 10.2. The molecule has 0 radical (unpaired) electrons. The molecule has 174 valence electrons. The molecule has 0 saturated heterocycles. The van der Waals surface area contributed by atoms with Crippen LogP contribution in [0.3, 0.4) is 0 Å². The van der Waals surface area contributed by atoms with E-state index in [9.17, 15) is 0 Å². The third kappa shape index (κ3) is 11.9. The molecule has 0 saturated carbocycles. The second-order valence-electron chi connectivity index (χ2n) is 8.44. The standard InChI is InChI=1S/C22H41NO6Si/c1-22(2,3)30(4,5)29-19-17-27-15-13-25-11-10-24-12-14-26-16-18-28-21-9-7-6-8-20(21)23/h6-9H,10-19,23H2,1-5H3. The number of anilines is 1. The summed E-state index contributed by atoms with van der Waals surface area (Å²) in [5, 5.41) is 0.228. The van der Waals surface area contributed by atoms with Gasteiger partial charge in [0.2, 0.25) is 0 Å². The van der Waals surface area contributed by atoms with E-state index < -0.39 is 8.32 Å². The van der Waals surface area contributed by atoms with Crippen molar-refractivity contribution < 1.29 is 28.1 Å². The van der Waals surface area contributed by atoms with Crippen LogP contribution in [-0.4, -0.2) is 74.4 Å².